The van der Waals surface area contributed by atoms with Crippen molar-refractivity contribution in [1.29, 1.82) is 0 Å². The molecule has 0 bridgehead atoms. The van der Waals surface area contributed by atoms with Crippen molar-refractivity contribution in [2.75, 3.05) is 37.9 Å². The summed E-state index contributed by atoms with van der Waals surface area (Å²) < 4.78 is 29.2. The number of rotatable bonds is 8. The lowest BCUT2D eigenvalue weighted by Crippen LogP contribution is -2.53. The first-order chi connectivity index (χ1) is 18.7. The van der Waals surface area contributed by atoms with Gasteiger partial charge in [0.2, 0.25) is 5.91 Å². The van der Waals surface area contributed by atoms with Crippen LogP contribution in [0.5, 0.6) is 0 Å². The van der Waals surface area contributed by atoms with Gasteiger partial charge in [-0.25, -0.2) is 18.9 Å². The lowest BCUT2D eigenvalue weighted by Gasteiger charge is -2.38. The van der Waals surface area contributed by atoms with Crippen LogP contribution in [-0.2, 0) is 20.8 Å². The van der Waals surface area contributed by atoms with Gasteiger partial charge in [0, 0.05) is 45.8 Å². The van der Waals surface area contributed by atoms with Crippen molar-refractivity contribution in [3.05, 3.63) is 30.5 Å². The summed E-state index contributed by atoms with van der Waals surface area (Å²) in [6, 6.07) is 8.00. The van der Waals surface area contributed by atoms with E-state index in [0.29, 0.717) is 31.7 Å². The van der Waals surface area contributed by atoms with Crippen molar-refractivity contribution in [1.82, 2.24) is 14.4 Å². The average Bonchev–Trinajstić information content (AvgIpc) is 3.24. The van der Waals surface area contributed by atoms with Crippen molar-refractivity contribution in [3.8, 4) is 0 Å². The molecule has 0 unspecified atom stereocenters. The summed E-state index contributed by atoms with van der Waals surface area (Å²) in [6.45, 7) is 13.4. The van der Waals surface area contributed by atoms with Gasteiger partial charge < -0.3 is 18.9 Å². The van der Waals surface area contributed by atoms with Gasteiger partial charge in [0.15, 0.2) is 0 Å². The van der Waals surface area contributed by atoms with E-state index in [1.165, 1.54) is 9.80 Å². The van der Waals surface area contributed by atoms with Crippen LogP contribution in [0.1, 0.15) is 40.0 Å². The van der Waals surface area contributed by atoms with Gasteiger partial charge in [0.05, 0.1) is 24.3 Å². The highest BCUT2D eigenvalue weighted by Crippen LogP contribution is 2.34. The molecule has 0 N–H and O–H groups in total. The number of imide groups is 1. The molecule has 0 saturated carbocycles. The van der Waals surface area contributed by atoms with Crippen molar-refractivity contribution < 1.29 is 28.2 Å². The summed E-state index contributed by atoms with van der Waals surface area (Å²) in [4.78, 5) is 42.8. The second kappa shape index (κ2) is 11.5. The Morgan fingerprint density at radius 1 is 1.12 bits per heavy atom. The van der Waals surface area contributed by atoms with Crippen LogP contribution in [-0.4, -0.2) is 84.7 Å². The number of aromatic nitrogens is 1. The molecule has 2 saturated heterocycles. The van der Waals surface area contributed by atoms with Crippen LogP contribution >= 0.6 is 0 Å². The monoisotopic (exact) mass is 574 g/mol. The van der Waals surface area contributed by atoms with Crippen molar-refractivity contribution in [2.45, 2.75) is 83.5 Å². The number of alkyl halides is 1. The number of carbonyl (C=O) groups is 3. The standard InChI is InChI=1S/C29H43FN4O5Si/c1-28(2,3)39-27(37)32-14-8-13-29(30,20-32)19-31-15-11-22-23(31)9-7-10-24(22)33-16-12-25(35)34(26(33)36)21-38-17-18-40(4,5)6/h7,9-11,15H,8,12-14,16-21H2,1-6H3/t29-/m1/s1. The van der Waals surface area contributed by atoms with Gasteiger partial charge in [-0.15, -0.1) is 0 Å². The molecular formula is C29H43FN4O5Si. The Morgan fingerprint density at radius 2 is 1.88 bits per heavy atom. The molecule has 0 aliphatic carbocycles. The molecule has 220 valence electrons. The van der Waals surface area contributed by atoms with Crippen LogP contribution in [0.15, 0.2) is 30.5 Å². The minimum Gasteiger partial charge on any atom is -0.444 e. The zero-order chi connectivity index (χ0) is 29.3. The number of ether oxygens (including phenoxy) is 2. The molecule has 1 atom stereocenters. The molecule has 9 nitrogen and oxygen atoms in total. The van der Waals surface area contributed by atoms with Crippen LogP contribution in [0.3, 0.4) is 0 Å². The number of urea groups is 1. The highest BCUT2D eigenvalue weighted by atomic mass is 28.3. The van der Waals surface area contributed by atoms with E-state index < -0.39 is 31.5 Å². The summed E-state index contributed by atoms with van der Waals surface area (Å²) in [5, 5.41) is 0.799. The largest absolute Gasteiger partial charge is 0.444 e. The van der Waals surface area contributed by atoms with E-state index in [0.717, 1.165) is 16.9 Å². The lowest BCUT2D eigenvalue weighted by atomic mass is 9.94. The van der Waals surface area contributed by atoms with Crippen LogP contribution < -0.4 is 4.90 Å². The molecule has 3 heterocycles. The Morgan fingerprint density at radius 3 is 2.58 bits per heavy atom. The van der Waals surface area contributed by atoms with E-state index in [-0.39, 0.29) is 38.7 Å². The minimum absolute atomic E-state index is 0.0410. The third-order valence-corrected chi connectivity index (χ3v) is 8.95. The van der Waals surface area contributed by atoms with Crippen molar-refractivity contribution in [3.63, 3.8) is 0 Å². The Hall–Kier alpha value is -2.92. The summed E-state index contributed by atoms with van der Waals surface area (Å²) >= 11 is 0. The smallest absolute Gasteiger partial charge is 0.410 e. The van der Waals surface area contributed by atoms with Crippen LogP contribution in [0.25, 0.3) is 10.9 Å². The molecule has 4 rings (SSSR count). The lowest BCUT2D eigenvalue weighted by molar-refractivity contribution is -0.133. The second-order valence-corrected chi connectivity index (χ2v) is 18.8. The van der Waals surface area contributed by atoms with Gasteiger partial charge in [-0.1, -0.05) is 25.7 Å². The summed E-state index contributed by atoms with van der Waals surface area (Å²) in [5.41, 5.74) is -0.805. The molecule has 2 aliphatic rings. The van der Waals surface area contributed by atoms with Gasteiger partial charge >= 0.3 is 12.1 Å². The molecule has 1 aromatic carbocycles. The number of hydrogen-bond donors (Lipinski definition) is 0. The number of amides is 4. The predicted molar refractivity (Wildman–Crippen MR) is 156 cm³/mol. The molecule has 0 spiro atoms. The number of fused-ring (bicyclic) bond motifs is 1. The number of benzene rings is 1. The first-order valence-electron chi connectivity index (χ1n) is 14.1. The fourth-order valence-corrected chi connectivity index (χ4v) is 5.92. The maximum Gasteiger partial charge on any atom is 0.410 e. The number of anilines is 1. The number of carbonyl (C=O) groups excluding carboxylic acids is 3. The molecule has 2 aromatic rings. The SMILES string of the molecule is CC(C)(C)OC(=O)N1CCC[C@@](F)(Cn2ccc3c(N4CCC(=O)N(COCC[Si](C)(C)C)C4=O)cccc32)C1. The third kappa shape index (κ3) is 7.23. The molecule has 1 aromatic heterocycles. The topological polar surface area (TPSA) is 84.3 Å². The van der Waals surface area contributed by atoms with Crippen molar-refractivity contribution >= 4 is 42.7 Å². The van der Waals surface area contributed by atoms with Gasteiger partial charge in [-0.2, -0.15) is 0 Å². The maximum absolute atomic E-state index is 16.1. The van der Waals surface area contributed by atoms with E-state index in [1.807, 2.05) is 35.0 Å². The summed E-state index contributed by atoms with van der Waals surface area (Å²) in [7, 11) is -1.29. The third-order valence-electron chi connectivity index (χ3n) is 7.24. The highest BCUT2D eigenvalue weighted by molar-refractivity contribution is 6.76. The van der Waals surface area contributed by atoms with Gasteiger partial charge in [-0.05, 0) is 57.9 Å². The van der Waals surface area contributed by atoms with E-state index >= 15 is 4.39 Å². The zero-order valence-corrected chi connectivity index (χ0v) is 25.7. The minimum atomic E-state index is -1.62. The normalized spacial score (nSPS) is 20.9. The average molecular weight is 575 g/mol. The van der Waals surface area contributed by atoms with E-state index in [9.17, 15) is 14.4 Å². The Labute approximate surface area is 237 Å². The van der Waals surface area contributed by atoms with E-state index in [4.69, 9.17) is 9.47 Å². The van der Waals surface area contributed by atoms with Crippen molar-refractivity contribution in [2.24, 2.45) is 0 Å². The molecular weight excluding hydrogens is 531 g/mol. The quantitative estimate of drug-likeness (QED) is 0.292. The predicted octanol–water partition coefficient (Wildman–Crippen LogP) is 5.85. The number of hydrogen-bond acceptors (Lipinski definition) is 5. The Bertz CT molecular complexity index is 1250. The van der Waals surface area contributed by atoms with E-state index in [1.54, 1.807) is 25.7 Å². The first kappa shape index (κ1) is 30.0. The fraction of sp³-hybridized carbons (Fsp3) is 0.621. The zero-order valence-electron chi connectivity index (χ0n) is 24.7. The fourth-order valence-electron chi connectivity index (χ4n) is 5.16. The van der Waals surface area contributed by atoms with Gasteiger partial charge in [-0.3, -0.25) is 9.69 Å². The second-order valence-electron chi connectivity index (χ2n) is 13.2. The molecule has 4 amide bonds. The first-order valence-corrected chi connectivity index (χ1v) is 17.8. The van der Waals surface area contributed by atoms with Crippen LogP contribution in [0.2, 0.25) is 25.7 Å². The number of nitrogens with zero attached hydrogens (tertiary/aromatic N) is 4. The summed E-state index contributed by atoms with van der Waals surface area (Å²) in [5.74, 6) is -0.245. The molecule has 2 fully saturated rings. The summed E-state index contributed by atoms with van der Waals surface area (Å²) in [6.07, 6.45) is 2.41. The molecule has 40 heavy (non-hydrogen) atoms. The maximum atomic E-state index is 16.1. The molecule has 2 aliphatic heterocycles. The number of piperidine rings is 1. The number of likely N-dealkylation sites (tertiary alicyclic amines) is 1. The van der Waals surface area contributed by atoms with Crippen LogP contribution in [0.4, 0.5) is 19.7 Å². The van der Waals surface area contributed by atoms with Crippen LogP contribution in [0, 0.1) is 0 Å². The Balaban J connectivity index is 1.49. The van der Waals surface area contributed by atoms with Gasteiger partial charge in [0.25, 0.3) is 0 Å². The molecule has 0 radical (unpaired) electrons. The highest BCUT2D eigenvalue weighted by Gasteiger charge is 2.40. The van der Waals surface area contributed by atoms with E-state index in [2.05, 4.69) is 19.6 Å². The Kier molecular flexibility index (Phi) is 8.65. The molecule has 11 heteroatoms. The van der Waals surface area contributed by atoms with Gasteiger partial charge in [0.1, 0.15) is 18.0 Å². The number of halogens is 1.